The largest absolute Gasteiger partial charge is 0.495 e. The van der Waals surface area contributed by atoms with Crippen molar-refractivity contribution in [1.82, 2.24) is 15.2 Å². The summed E-state index contributed by atoms with van der Waals surface area (Å²) in [6.45, 7) is 0. The van der Waals surface area contributed by atoms with Gasteiger partial charge in [-0.2, -0.15) is 16.4 Å². The Kier molecular flexibility index (Phi) is 3.41. The molecule has 0 fully saturated rings. The van der Waals surface area contributed by atoms with Gasteiger partial charge in [0, 0.05) is 11.1 Å². The third-order valence-corrected chi connectivity index (χ3v) is 3.78. The summed E-state index contributed by atoms with van der Waals surface area (Å²) in [5, 5.41) is 10.7. The van der Waals surface area contributed by atoms with Gasteiger partial charge in [-0.3, -0.25) is 9.89 Å². The number of ether oxygens (including phenoxy) is 1. The molecule has 3 rings (SSSR count). The number of aromatic nitrogens is 3. The predicted molar refractivity (Wildman–Crippen MR) is 80.2 cm³/mol. The zero-order valence-electron chi connectivity index (χ0n) is 11.2. The highest BCUT2D eigenvalue weighted by molar-refractivity contribution is 7.08. The second-order valence-electron chi connectivity index (χ2n) is 4.27. The van der Waals surface area contributed by atoms with E-state index in [0.717, 1.165) is 16.7 Å². The van der Waals surface area contributed by atoms with Crippen LogP contribution in [0.2, 0.25) is 0 Å². The fraction of sp³-hybridized carbons (Fsp3) is 0.0714. The minimum Gasteiger partial charge on any atom is -0.495 e. The lowest BCUT2D eigenvalue weighted by atomic mass is 9.96. The molecule has 2 heterocycles. The van der Waals surface area contributed by atoms with E-state index in [9.17, 15) is 4.79 Å². The van der Waals surface area contributed by atoms with Gasteiger partial charge in [-0.1, -0.05) is 0 Å². The van der Waals surface area contributed by atoms with Gasteiger partial charge >= 0.3 is 0 Å². The average Bonchev–Trinajstić information content (AvgIpc) is 3.18. The number of benzene rings is 1. The molecule has 0 atom stereocenters. The molecule has 0 saturated carbocycles. The van der Waals surface area contributed by atoms with E-state index in [0.29, 0.717) is 17.1 Å². The van der Waals surface area contributed by atoms with Gasteiger partial charge in [-0.15, -0.1) is 0 Å². The number of nitrogens with two attached hydrogens (primary N) is 1. The second kappa shape index (κ2) is 5.37. The Morgan fingerprint density at radius 1 is 1.38 bits per heavy atom. The summed E-state index contributed by atoms with van der Waals surface area (Å²) in [5.41, 5.74) is 8.22. The van der Waals surface area contributed by atoms with Crippen LogP contribution in [0.1, 0.15) is 10.4 Å². The standard InChI is InChI=1S/C14H12N4O2S/c1-20-12-10(13(15)19)3-2-9(14-16-7-17-18-14)11(12)8-4-5-21-6-8/h2-7H,1H3,(H2,15,19)(H,16,17,18). The van der Waals surface area contributed by atoms with Crippen LogP contribution in [0.3, 0.4) is 0 Å². The number of hydrogen-bond acceptors (Lipinski definition) is 5. The van der Waals surface area contributed by atoms with E-state index in [1.165, 1.54) is 13.4 Å². The molecule has 7 heteroatoms. The Bertz CT molecular complexity index is 767. The number of carbonyl (C=O) groups is 1. The van der Waals surface area contributed by atoms with Crippen LogP contribution in [0, 0.1) is 0 Å². The highest BCUT2D eigenvalue weighted by Crippen LogP contribution is 2.41. The molecule has 3 N–H and O–H groups in total. The Morgan fingerprint density at radius 3 is 2.81 bits per heavy atom. The quantitative estimate of drug-likeness (QED) is 0.773. The first-order chi connectivity index (χ1) is 10.2. The van der Waals surface area contributed by atoms with Crippen LogP contribution in [0.25, 0.3) is 22.5 Å². The first-order valence-electron chi connectivity index (χ1n) is 6.12. The molecule has 2 aromatic heterocycles. The van der Waals surface area contributed by atoms with Crippen LogP contribution >= 0.6 is 11.3 Å². The summed E-state index contributed by atoms with van der Waals surface area (Å²) < 4.78 is 5.44. The van der Waals surface area contributed by atoms with E-state index in [4.69, 9.17) is 10.5 Å². The summed E-state index contributed by atoms with van der Waals surface area (Å²) in [4.78, 5) is 15.8. The minimum absolute atomic E-state index is 0.331. The normalized spacial score (nSPS) is 10.5. The summed E-state index contributed by atoms with van der Waals surface area (Å²) in [6.07, 6.45) is 1.50. The molecule has 0 spiro atoms. The van der Waals surface area contributed by atoms with E-state index in [-0.39, 0.29) is 0 Å². The number of aromatic amines is 1. The fourth-order valence-corrected chi connectivity index (χ4v) is 2.85. The van der Waals surface area contributed by atoms with E-state index in [1.807, 2.05) is 16.8 Å². The molecular formula is C14H12N4O2S. The molecule has 1 aromatic carbocycles. The van der Waals surface area contributed by atoms with Crippen molar-refractivity contribution < 1.29 is 9.53 Å². The van der Waals surface area contributed by atoms with Crippen molar-refractivity contribution in [3.8, 4) is 28.3 Å². The maximum atomic E-state index is 11.6. The van der Waals surface area contributed by atoms with E-state index in [2.05, 4.69) is 15.2 Å². The number of methoxy groups -OCH3 is 1. The molecule has 0 saturated heterocycles. The lowest BCUT2D eigenvalue weighted by Crippen LogP contribution is -2.13. The van der Waals surface area contributed by atoms with Crippen LogP contribution in [-0.2, 0) is 0 Å². The van der Waals surface area contributed by atoms with Crippen molar-refractivity contribution in [1.29, 1.82) is 0 Å². The number of rotatable bonds is 4. The molecule has 0 unspecified atom stereocenters. The monoisotopic (exact) mass is 300 g/mol. The zero-order valence-corrected chi connectivity index (χ0v) is 12.0. The second-order valence-corrected chi connectivity index (χ2v) is 5.05. The predicted octanol–water partition coefficient (Wildman–Crippen LogP) is 2.31. The molecule has 1 amide bonds. The molecule has 106 valence electrons. The molecular weight excluding hydrogens is 288 g/mol. The molecule has 6 nitrogen and oxygen atoms in total. The van der Waals surface area contributed by atoms with Gasteiger partial charge in [-0.05, 0) is 34.5 Å². The molecule has 0 aliphatic carbocycles. The Labute approximate surface area is 124 Å². The first-order valence-corrected chi connectivity index (χ1v) is 7.06. The van der Waals surface area contributed by atoms with Crippen LogP contribution < -0.4 is 10.5 Å². The van der Waals surface area contributed by atoms with Crippen molar-refractivity contribution in [3.05, 3.63) is 40.8 Å². The van der Waals surface area contributed by atoms with Crippen LogP contribution in [0.5, 0.6) is 5.75 Å². The molecule has 0 aliphatic heterocycles. The van der Waals surface area contributed by atoms with Crippen LogP contribution in [-0.4, -0.2) is 28.2 Å². The van der Waals surface area contributed by atoms with Gasteiger partial charge in [0.05, 0.1) is 12.7 Å². The van der Waals surface area contributed by atoms with Crippen molar-refractivity contribution in [2.24, 2.45) is 5.73 Å². The van der Waals surface area contributed by atoms with Crippen molar-refractivity contribution in [2.75, 3.05) is 7.11 Å². The highest BCUT2D eigenvalue weighted by atomic mass is 32.1. The Balaban J connectivity index is 2.34. The highest BCUT2D eigenvalue weighted by Gasteiger charge is 2.21. The minimum atomic E-state index is -0.537. The Morgan fingerprint density at radius 2 is 2.24 bits per heavy atom. The smallest absolute Gasteiger partial charge is 0.252 e. The van der Waals surface area contributed by atoms with Crippen molar-refractivity contribution in [3.63, 3.8) is 0 Å². The van der Waals surface area contributed by atoms with Gasteiger partial charge in [0.15, 0.2) is 5.82 Å². The van der Waals surface area contributed by atoms with Crippen molar-refractivity contribution in [2.45, 2.75) is 0 Å². The van der Waals surface area contributed by atoms with E-state index in [1.54, 1.807) is 23.5 Å². The molecule has 0 aliphatic rings. The number of H-pyrrole nitrogens is 1. The summed E-state index contributed by atoms with van der Waals surface area (Å²) in [6, 6.07) is 5.35. The third kappa shape index (κ3) is 2.27. The maximum Gasteiger partial charge on any atom is 0.252 e. The van der Waals surface area contributed by atoms with Gasteiger partial charge in [0.2, 0.25) is 0 Å². The third-order valence-electron chi connectivity index (χ3n) is 3.09. The lowest BCUT2D eigenvalue weighted by molar-refractivity contribution is 0.0997. The summed E-state index contributed by atoms with van der Waals surface area (Å²) >= 11 is 1.55. The van der Waals surface area contributed by atoms with E-state index >= 15 is 0 Å². The number of nitrogens with zero attached hydrogens (tertiary/aromatic N) is 2. The van der Waals surface area contributed by atoms with Crippen molar-refractivity contribution >= 4 is 17.2 Å². The number of hydrogen-bond donors (Lipinski definition) is 2. The van der Waals surface area contributed by atoms with Crippen LogP contribution in [0.15, 0.2) is 35.3 Å². The summed E-state index contributed by atoms with van der Waals surface area (Å²) in [7, 11) is 1.51. The van der Waals surface area contributed by atoms with Gasteiger partial charge in [0.1, 0.15) is 12.1 Å². The number of amides is 1. The number of thiophene rings is 1. The van der Waals surface area contributed by atoms with Gasteiger partial charge in [0.25, 0.3) is 5.91 Å². The van der Waals surface area contributed by atoms with Crippen LogP contribution in [0.4, 0.5) is 0 Å². The Hall–Kier alpha value is -2.67. The maximum absolute atomic E-state index is 11.6. The first kappa shape index (κ1) is 13.3. The number of carbonyl (C=O) groups excluding carboxylic acids is 1. The fourth-order valence-electron chi connectivity index (χ4n) is 2.21. The van der Waals surface area contributed by atoms with Gasteiger partial charge in [-0.25, -0.2) is 4.98 Å². The SMILES string of the molecule is COc1c(C(N)=O)ccc(-c2nc[nH]n2)c1-c1ccsc1. The van der Waals surface area contributed by atoms with Gasteiger partial charge < -0.3 is 10.5 Å². The van der Waals surface area contributed by atoms with E-state index < -0.39 is 5.91 Å². The molecule has 3 aromatic rings. The molecule has 0 radical (unpaired) electrons. The molecule has 21 heavy (non-hydrogen) atoms. The average molecular weight is 300 g/mol. The lowest BCUT2D eigenvalue weighted by Gasteiger charge is -2.14. The molecule has 0 bridgehead atoms. The topological polar surface area (TPSA) is 93.9 Å². The number of primary amides is 1. The number of nitrogens with one attached hydrogen (secondary N) is 1. The zero-order chi connectivity index (χ0) is 14.8. The summed E-state index contributed by atoms with van der Waals surface area (Å²) in [5.74, 6) is 0.429.